The molecule has 2 aliphatic heterocycles. The lowest BCUT2D eigenvalue weighted by Gasteiger charge is -2.35. The van der Waals surface area contributed by atoms with Gasteiger partial charge in [-0.1, -0.05) is 23.7 Å². The van der Waals surface area contributed by atoms with E-state index >= 15 is 0 Å². The molecule has 27 heavy (non-hydrogen) atoms. The number of anilines is 2. The second-order valence-electron chi connectivity index (χ2n) is 6.68. The number of nitrogens with zero attached hydrogens (tertiary/aromatic N) is 4. The summed E-state index contributed by atoms with van der Waals surface area (Å²) in [5.41, 5.74) is 0.726. The van der Waals surface area contributed by atoms with Crippen molar-refractivity contribution in [3.05, 3.63) is 53.1 Å². The van der Waals surface area contributed by atoms with Crippen LogP contribution in [0.5, 0.6) is 0 Å². The molecule has 2 aliphatic rings. The van der Waals surface area contributed by atoms with Crippen LogP contribution >= 0.6 is 11.6 Å². The summed E-state index contributed by atoms with van der Waals surface area (Å²) in [6, 6.07) is 10.8. The standard InChI is InChI=1S/C19H18ClF3N4/c1-25-8-10-26(11-9-25)18-14-4-2-3-5-16(14)27(19(21,22)23)17-7-6-13(20)12-15(17)24-18/h2-7,12H,8-11H2,1H3. The van der Waals surface area contributed by atoms with Crippen molar-refractivity contribution in [3.63, 3.8) is 0 Å². The van der Waals surface area contributed by atoms with Crippen LogP contribution in [0.1, 0.15) is 5.56 Å². The highest BCUT2D eigenvalue weighted by Gasteiger charge is 2.43. The molecule has 1 saturated heterocycles. The molecule has 0 aromatic heterocycles. The Morgan fingerprint density at radius 1 is 0.963 bits per heavy atom. The van der Waals surface area contributed by atoms with Crippen LogP contribution in [0.25, 0.3) is 0 Å². The first kappa shape index (κ1) is 18.1. The summed E-state index contributed by atoms with van der Waals surface area (Å²) in [6.45, 7) is 3.05. The Bertz CT molecular complexity index is 889. The van der Waals surface area contributed by atoms with Crippen LogP contribution in [0.15, 0.2) is 47.5 Å². The number of amidine groups is 1. The van der Waals surface area contributed by atoms with Crippen LogP contribution in [0.3, 0.4) is 0 Å². The number of benzene rings is 2. The van der Waals surface area contributed by atoms with Crippen LogP contribution in [-0.2, 0) is 0 Å². The van der Waals surface area contributed by atoms with Gasteiger partial charge < -0.3 is 9.80 Å². The van der Waals surface area contributed by atoms with E-state index in [0.29, 0.717) is 34.4 Å². The maximum atomic E-state index is 14.0. The zero-order valence-corrected chi connectivity index (χ0v) is 15.4. The number of likely N-dealkylation sites (N-methyl/N-ethyl adjacent to an activating group) is 1. The first-order chi connectivity index (χ1) is 12.8. The summed E-state index contributed by atoms with van der Waals surface area (Å²) in [5.74, 6) is 0.550. The molecule has 0 amide bonds. The van der Waals surface area contributed by atoms with Gasteiger partial charge in [0, 0.05) is 36.8 Å². The fourth-order valence-electron chi connectivity index (χ4n) is 3.47. The Morgan fingerprint density at radius 3 is 2.37 bits per heavy atom. The summed E-state index contributed by atoms with van der Waals surface area (Å²) >= 11 is 6.07. The Balaban J connectivity index is 1.94. The molecule has 4 nitrogen and oxygen atoms in total. The molecule has 0 aliphatic carbocycles. The fraction of sp³-hybridized carbons (Fsp3) is 0.316. The molecule has 0 unspecified atom stereocenters. The number of rotatable bonds is 0. The van der Waals surface area contributed by atoms with Crippen molar-refractivity contribution in [1.29, 1.82) is 0 Å². The number of para-hydroxylation sites is 1. The predicted octanol–water partition coefficient (Wildman–Crippen LogP) is 4.64. The third-order valence-electron chi connectivity index (χ3n) is 4.85. The van der Waals surface area contributed by atoms with E-state index in [1.54, 1.807) is 18.2 Å². The van der Waals surface area contributed by atoms with E-state index in [4.69, 9.17) is 11.6 Å². The molecule has 4 rings (SSSR count). The molecule has 142 valence electrons. The van der Waals surface area contributed by atoms with Crippen molar-refractivity contribution in [1.82, 2.24) is 9.80 Å². The fourth-order valence-corrected chi connectivity index (χ4v) is 3.64. The highest BCUT2D eigenvalue weighted by atomic mass is 35.5. The number of piperazine rings is 1. The summed E-state index contributed by atoms with van der Waals surface area (Å²) in [5, 5.41) is 0.350. The lowest BCUT2D eigenvalue weighted by Crippen LogP contribution is -2.47. The van der Waals surface area contributed by atoms with Gasteiger partial charge in [0.2, 0.25) is 0 Å². The van der Waals surface area contributed by atoms with E-state index in [2.05, 4.69) is 9.89 Å². The van der Waals surface area contributed by atoms with E-state index in [-0.39, 0.29) is 17.1 Å². The topological polar surface area (TPSA) is 22.1 Å². The minimum absolute atomic E-state index is 0.0246. The highest BCUT2D eigenvalue weighted by molar-refractivity contribution is 6.31. The van der Waals surface area contributed by atoms with Gasteiger partial charge in [-0.05, 0) is 37.4 Å². The molecule has 0 spiro atoms. The van der Waals surface area contributed by atoms with Gasteiger partial charge in [0.1, 0.15) is 5.84 Å². The number of halogens is 4. The minimum atomic E-state index is -4.59. The van der Waals surface area contributed by atoms with E-state index in [1.165, 1.54) is 24.3 Å². The Kier molecular flexibility index (Phi) is 4.52. The average Bonchev–Trinajstić information content (AvgIpc) is 2.76. The first-order valence-corrected chi connectivity index (χ1v) is 9.00. The highest BCUT2D eigenvalue weighted by Crippen LogP contribution is 2.46. The van der Waals surface area contributed by atoms with E-state index < -0.39 is 6.30 Å². The minimum Gasteiger partial charge on any atom is -0.353 e. The van der Waals surface area contributed by atoms with Crippen LogP contribution in [0.2, 0.25) is 5.02 Å². The molecular formula is C19H18ClF3N4. The smallest absolute Gasteiger partial charge is 0.353 e. The predicted molar refractivity (Wildman–Crippen MR) is 101 cm³/mol. The molecular weight excluding hydrogens is 377 g/mol. The van der Waals surface area contributed by atoms with Crippen LogP contribution in [0, 0.1) is 0 Å². The zero-order chi connectivity index (χ0) is 19.2. The van der Waals surface area contributed by atoms with Gasteiger partial charge in [-0.25, -0.2) is 4.99 Å². The zero-order valence-electron chi connectivity index (χ0n) is 14.7. The van der Waals surface area contributed by atoms with Crippen molar-refractivity contribution < 1.29 is 13.2 Å². The molecule has 2 aromatic carbocycles. The average molecular weight is 395 g/mol. The maximum absolute atomic E-state index is 14.0. The van der Waals surface area contributed by atoms with E-state index in [1.807, 2.05) is 11.9 Å². The van der Waals surface area contributed by atoms with Crippen LogP contribution in [-0.4, -0.2) is 55.2 Å². The third kappa shape index (κ3) is 3.37. The van der Waals surface area contributed by atoms with Crippen molar-refractivity contribution in [3.8, 4) is 0 Å². The molecule has 1 fully saturated rings. The quantitative estimate of drug-likeness (QED) is 0.608. The van der Waals surface area contributed by atoms with E-state index in [9.17, 15) is 13.2 Å². The van der Waals surface area contributed by atoms with Crippen LogP contribution < -0.4 is 4.90 Å². The van der Waals surface area contributed by atoms with E-state index in [0.717, 1.165) is 13.1 Å². The van der Waals surface area contributed by atoms with Gasteiger partial charge in [-0.15, -0.1) is 13.2 Å². The normalized spacial score (nSPS) is 17.9. The Morgan fingerprint density at radius 2 is 1.67 bits per heavy atom. The molecule has 2 heterocycles. The van der Waals surface area contributed by atoms with Gasteiger partial charge in [0.05, 0.1) is 17.1 Å². The summed E-state index contributed by atoms with van der Waals surface area (Å²) < 4.78 is 42.1. The summed E-state index contributed by atoms with van der Waals surface area (Å²) in [6.07, 6.45) is -4.59. The molecule has 0 N–H and O–H groups in total. The number of alkyl halides is 3. The molecule has 0 bridgehead atoms. The molecule has 0 radical (unpaired) electrons. The number of hydrogen-bond acceptors (Lipinski definition) is 4. The molecule has 8 heteroatoms. The number of aliphatic imine (C=N–C) groups is 1. The van der Waals surface area contributed by atoms with Gasteiger partial charge in [-0.2, -0.15) is 0 Å². The van der Waals surface area contributed by atoms with Crippen molar-refractivity contribution >= 4 is 34.5 Å². The Hall–Kier alpha value is -2.25. The van der Waals surface area contributed by atoms with Crippen LogP contribution in [0.4, 0.5) is 30.2 Å². The molecule has 0 atom stereocenters. The lowest BCUT2D eigenvalue weighted by molar-refractivity contribution is -0.120. The summed E-state index contributed by atoms with van der Waals surface area (Å²) in [7, 11) is 2.03. The second-order valence-corrected chi connectivity index (χ2v) is 7.12. The van der Waals surface area contributed by atoms with Gasteiger partial charge in [0.25, 0.3) is 0 Å². The number of fused-ring (bicyclic) bond motifs is 2. The first-order valence-electron chi connectivity index (χ1n) is 8.63. The lowest BCUT2D eigenvalue weighted by atomic mass is 10.1. The monoisotopic (exact) mass is 394 g/mol. The van der Waals surface area contributed by atoms with Gasteiger partial charge >= 0.3 is 6.30 Å². The van der Waals surface area contributed by atoms with Crippen molar-refractivity contribution in [2.75, 3.05) is 38.1 Å². The SMILES string of the molecule is CN1CCN(C2=Nc3cc(Cl)ccc3N(C(F)(F)F)c3ccccc32)CC1. The molecule has 0 saturated carbocycles. The third-order valence-corrected chi connectivity index (χ3v) is 5.08. The number of hydrogen-bond donors (Lipinski definition) is 0. The molecule has 2 aromatic rings. The maximum Gasteiger partial charge on any atom is 0.489 e. The van der Waals surface area contributed by atoms with Crippen molar-refractivity contribution in [2.45, 2.75) is 6.30 Å². The van der Waals surface area contributed by atoms with Gasteiger partial charge in [-0.3, -0.25) is 4.90 Å². The largest absolute Gasteiger partial charge is 0.489 e. The second kappa shape index (κ2) is 6.73. The van der Waals surface area contributed by atoms with Crippen molar-refractivity contribution in [2.24, 2.45) is 4.99 Å². The van der Waals surface area contributed by atoms with Gasteiger partial charge in [0.15, 0.2) is 0 Å². The Labute approximate surface area is 160 Å². The summed E-state index contributed by atoms with van der Waals surface area (Å²) in [4.78, 5) is 9.27.